The quantitative estimate of drug-likeness (QED) is 0.720. The minimum absolute atomic E-state index is 0.0833. The average Bonchev–Trinajstić information content (AvgIpc) is 2.57. The highest BCUT2D eigenvalue weighted by atomic mass is 19.1. The fraction of sp³-hybridized carbons (Fsp3) is 0.333. The molecule has 0 atom stereocenters. The van der Waals surface area contributed by atoms with Gasteiger partial charge in [-0.25, -0.2) is 4.39 Å². The monoisotopic (exact) mass is 184 g/mol. The Labute approximate surface area is 74.7 Å². The molecule has 70 valence electrons. The van der Waals surface area contributed by atoms with Gasteiger partial charge in [-0.1, -0.05) is 6.07 Å². The first-order valence-corrected chi connectivity index (χ1v) is 3.99. The van der Waals surface area contributed by atoms with Crippen molar-refractivity contribution in [2.24, 2.45) is 0 Å². The number of aromatic hydroxyl groups is 1. The van der Waals surface area contributed by atoms with Crippen LogP contribution in [0, 0.1) is 5.82 Å². The van der Waals surface area contributed by atoms with E-state index in [-0.39, 0.29) is 11.3 Å². The van der Waals surface area contributed by atoms with Crippen LogP contribution in [0.25, 0.3) is 0 Å². The molecule has 0 spiro atoms. The van der Waals surface area contributed by atoms with E-state index in [4.69, 9.17) is 9.47 Å². The Morgan fingerprint density at radius 2 is 2.00 bits per heavy atom. The van der Waals surface area contributed by atoms with Crippen LogP contribution in [-0.2, 0) is 9.47 Å². The van der Waals surface area contributed by atoms with Gasteiger partial charge >= 0.3 is 0 Å². The Morgan fingerprint density at radius 3 is 2.62 bits per heavy atom. The molecule has 4 heteroatoms. The number of hydrogen-bond acceptors (Lipinski definition) is 3. The number of phenols is 1. The van der Waals surface area contributed by atoms with Crippen molar-refractivity contribution >= 4 is 0 Å². The Balaban J connectivity index is 2.37. The first-order chi connectivity index (χ1) is 6.29. The zero-order valence-electron chi connectivity index (χ0n) is 6.87. The summed E-state index contributed by atoms with van der Waals surface area (Å²) in [6.07, 6.45) is -0.763. The van der Waals surface area contributed by atoms with E-state index in [0.29, 0.717) is 13.2 Å². The van der Waals surface area contributed by atoms with Crippen LogP contribution >= 0.6 is 0 Å². The highest BCUT2D eigenvalue weighted by molar-refractivity contribution is 5.34. The molecule has 0 saturated carbocycles. The number of ether oxygens (including phenoxy) is 2. The van der Waals surface area contributed by atoms with E-state index in [9.17, 15) is 9.50 Å². The fourth-order valence-electron chi connectivity index (χ4n) is 1.28. The van der Waals surface area contributed by atoms with Crippen molar-refractivity contribution < 1.29 is 19.0 Å². The van der Waals surface area contributed by atoms with Crippen LogP contribution in [0.3, 0.4) is 0 Å². The molecule has 1 heterocycles. The lowest BCUT2D eigenvalue weighted by molar-refractivity contribution is -0.0478. The van der Waals surface area contributed by atoms with Crippen molar-refractivity contribution in [3.63, 3.8) is 0 Å². The molecule has 0 amide bonds. The summed E-state index contributed by atoms with van der Waals surface area (Å²) in [6.45, 7) is 0.858. The molecule has 1 N–H and O–H groups in total. The standard InChI is InChI=1S/C9H9FO3/c10-6-2-1-3-7(11)8(6)9-12-4-5-13-9/h1-3,9,11H,4-5H2. The summed E-state index contributed by atoms with van der Waals surface area (Å²) in [5.74, 6) is -0.640. The van der Waals surface area contributed by atoms with Gasteiger partial charge in [0.05, 0.1) is 18.8 Å². The lowest BCUT2D eigenvalue weighted by Gasteiger charge is -2.11. The van der Waals surface area contributed by atoms with Gasteiger partial charge < -0.3 is 14.6 Å². The summed E-state index contributed by atoms with van der Waals surface area (Å²) < 4.78 is 23.3. The molecule has 13 heavy (non-hydrogen) atoms. The van der Waals surface area contributed by atoms with Gasteiger partial charge in [0.15, 0.2) is 6.29 Å². The molecule has 1 aromatic carbocycles. The third-order valence-electron chi connectivity index (χ3n) is 1.89. The van der Waals surface area contributed by atoms with Crippen molar-refractivity contribution in [2.45, 2.75) is 6.29 Å². The molecular formula is C9H9FO3. The second-order valence-corrected chi connectivity index (χ2v) is 2.75. The van der Waals surface area contributed by atoms with Crippen molar-refractivity contribution in [2.75, 3.05) is 13.2 Å². The van der Waals surface area contributed by atoms with Crippen LogP contribution in [0.1, 0.15) is 11.9 Å². The molecule has 1 fully saturated rings. The van der Waals surface area contributed by atoms with Gasteiger partial charge in [-0.2, -0.15) is 0 Å². The maximum absolute atomic E-state index is 13.2. The smallest absolute Gasteiger partial charge is 0.190 e. The summed E-state index contributed by atoms with van der Waals surface area (Å²) in [6, 6.07) is 4.10. The van der Waals surface area contributed by atoms with Crippen LogP contribution < -0.4 is 0 Å². The predicted molar refractivity (Wildman–Crippen MR) is 42.7 cm³/mol. The highest BCUT2D eigenvalue weighted by Crippen LogP contribution is 2.32. The predicted octanol–water partition coefficient (Wildman–Crippen LogP) is 1.58. The second kappa shape index (κ2) is 3.32. The van der Waals surface area contributed by atoms with Gasteiger partial charge in [0.2, 0.25) is 0 Å². The molecule has 1 aliphatic rings. The molecular weight excluding hydrogens is 175 g/mol. The Bertz CT molecular complexity index is 287. The van der Waals surface area contributed by atoms with Gasteiger partial charge in [0.1, 0.15) is 11.6 Å². The third-order valence-corrected chi connectivity index (χ3v) is 1.89. The van der Waals surface area contributed by atoms with Gasteiger partial charge in [-0.3, -0.25) is 0 Å². The van der Waals surface area contributed by atoms with Gasteiger partial charge in [-0.15, -0.1) is 0 Å². The first-order valence-electron chi connectivity index (χ1n) is 3.99. The van der Waals surface area contributed by atoms with E-state index in [0.717, 1.165) is 0 Å². The van der Waals surface area contributed by atoms with Crippen LogP contribution in [0.15, 0.2) is 18.2 Å². The van der Waals surface area contributed by atoms with Crippen molar-refractivity contribution in [1.82, 2.24) is 0 Å². The largest absolute Gasteiger partial charge is 0.507 e. The molecule has 1 aliphatic heterocycles. The van der Waals surface area contributed by atoms with E-state index in [1.165, 1.54) is 18.2 Å². The number of hydrogen-bond donors (Lipinski definition) is 1. The lowest BCUT2D eigenvalue weighted by atomic mass is 10.2. The first kappa shape index (κ1) is 8.47. The molecule has 0 radical (unpaired) electrons. The second-order valence-electron chi connectivity index (χ2n) is 2.75. The topological polar surface area (TPSA) is 38.7 Å². The van der Waals surface area contributed by atoms with Crippen LogP contribution in [0.5, 0.6) is 5.75 Å². The Morgan fingerprint density at radius 1 is 1.31 bits per heavy atom. The zero-order chi connectivity index (χ0) is 9.26. The van der Waals surface area contributed by atoms with Crippen LogP contribution in [0.4, 0.5) is 4.39 Å². The summed E-state index contributed by atoms with van der Waals surface area (Å²) in [7, 11) is 0. The van der Waals surface area contributed by atoms with Crippen LogP contribution in [0.2, 0.25) is 0 Å². The SMILES string of the molecule is Oc1cccc(F)c1C1OCCO1. The molecule has 1 saturated heterocycles. The van der Waals surface area contributed by atoms with Gasteiger partial charge in [0.25, 0.3) is 0 Å². The molecule has 0 bridgehead atoms. The van der Waals surface area contributed by atoms with E-state index >= 15 is 0 Å². The van der Waals surface area contributed by atoms with Crippen molar-refractivity contribution in [1.29, 1.82) is 0 Å². The Kier molecular flexibility index (Phi) is 2.16. The lowest BCUT2D eigenvalue weighted by Crippen LogP contribution is -2.01. The zero-order valence-corrected chi connectivity index (χ0v) is 6.87. The minimum Gasteiger partial charge on any atom is -0.507 e. The van der Waals surface area contributed by atoms with Crippen molar-refractivity contribution in [3.05, 3.63) is 29.6 Å². The maximum atomic E-state index is 13.2. The molecule has 0 aromatic heterocycles. The number of rotatable bonds is 1. The summed E-state index contributed by atoms with van der Waals surface area (Å²) in [4.78, 5) is 0. The van der Waals surface area contributed by atoms with E-state index in [1.807, 2.05) is 0 Å². The normalized spacial score (nSPS) is 17.9. The van der Waals surface area contributed by atoms with E-state index in [2.05, 4.69) is 0 Å². The third kappa shape index (κ3) is 1.50. The summed E-state index contributed by atoms with van der Waals surface area (Å²) in [5, 5.41) is 9.35. The fourth-order valence-corrected chi connectivity index (χ4v) is 1.28. The highest BCUT2D eigenvalue weighted by Gasteiger charge is 2.24. The molecule has 2 rings (SSSR count). The summed E-state index contributed by atoms with van der Waals surface area (Å²) >= 11 is 0. The number of benzene rings is 1. The number of phenolic OH excluding ortho intramolecular Hbond substituents is 1. The van der Waals surface area contributed by atoms with Crippen LogP contribution in [-0.4, -0.2) is 18.3 Å². The average molecular weight is 184 g/mol. The van der Waals surface area contributed by atoms with Gasteiger partial charge in [0, 0.05) is 0 Å². The van der Waals surface area contributed by atoms with Gasteiger partial charge in [-0.05, 0) is 12.1 Å². The van der Waals surface area contributed by atoms with E-state index < -0.39 is 12.1 Å². The summed E-state index contributed by atoms with van der Waals surface area (Å²) in [5.41, 5.74) is 0.0833. The van der Waals surface area contributed by atoms with E-state index in [1.54, 1.807) is 0 Å². The van der Waals surface area contributed by atoms with Crippen molar-refractivity contribution in [3.8, 4) is 5.75 Å². The molecule has 0 aliphatic carbocycles. The maximum Gasteiger partial charge on any atom is 0.190 e. The molecule has 3 nitrogen and oxygen atoms in total. The molecule has 0 unspecified atom stereocenters. The number of halogens is 1. The molecule has 1 aromatic rings. The Hall–Kier alpha value is -1.13. The minimum atomic E-state index is -0.763.